The summed E-state index contributed by atoms with van der Waals surface area (Å²) in [5.74, 6) is -1.15. The number of rotatable bonds is 4. The Bertz CT molecular complexity index is 627. The Labute approximate surface area is 105 Å². The molecule has 8 heteroatoms. The fourth-order valence-corrected chi connectivity index (χ4v) is 3.98. The van der Waals surface area contributed by atoms with E-state index in [4.69, 9.17) is 5.11 Å². The number of carboxylic acid groups (broad SMARTS) is 1. The summed E-state index contributed by atoms with van der Waals surface area (Å²) in [4.78, 5) is 10.8. The fraction of sp³-hybridized carbons (Fsp3) is 0. The number of carbonyl (C=O) groups is 1. The van der Waals surface area contributed by atoms with Crippen LogP contribution in [-0.2, 0) is 10.0 Å². The molecule has 0 fully saturated rings. The Morgan fingerprint density at radius 1 is 1.24 bits per heavy atom. The van der Waals surface area contributed by atoms with Gasteiger partial charge in [0.1, 0.15) is 9.09 Å². The number of nitrogens with one attached hydrogen (secondary N) is 1. The van der Waals surface area contributed by atoms with Gasteiger partial charge in [-0.1, -0.05) is 6.07 Å². The second-order valence-electron chi connectivity index (χ2n) is 3.01. The van der Waals surface area contributed by atoms with Crippen molar-refractivity contribution >= 4 is 44.4 Å². The number of anilines is 1. The Hall–Kier alpha value is -1.38. The minimum Gasteiger partial charge on any atom is -0.477 e. The highest BCUT2D eigenvalue weighted by Gasteiger charge is 2.19. The van der Waals surface area contributed by atoms with Crippen LogP contribution in [0.25, 0.3) is 0 Å². The SMILES string of the molecule is O=C(O)c1sccc1NS(=O)(=O)c1cccs1. The van der Waals surface area contributed by atoms with Gasteiger partial charge in [0.05, 0.1) is 5.69 Å². The molecule has 0 aromatic carbocycles. The molecule has 0 aliphatic carbocycles. The van der Waals surface area contributed by atoms with E-state index >= 15 is 0 Å². The number of hydrogen-bond acceptors (Lipinski definition) is 5. The highest BCUT2D eigenvalue weighted by atomic mass is 32.2. The van der Waals surface area contributed by atoms with Gasteiger partial charge in [-0.2, -0.15) is 0 Å². The number of thiophene rings is 2. The summed E-state index contributed by atoms with van der Waals surface area (Å²) >= 11 is 2.04. The molecule has 5 nitrogen and oxygen atoms in total. The van der Waals surface area contributed by atoms with Crippen LogP contribution in [0.15, 0.2) is 33.2 Å². The highest BCUT2D eigenvalue weighted by molar-refractivity contribution is 7.94. The third-order valence-electron chi connectivity index (χ3n) is 1.86. The van der Waals surface area contributed by atoms with Gasteiger partial charge in [0.2, 0.25) is 0 Å². The van der Waals surface area contributed by atoms with Crippen LogP contribution in [-0.4, -0.2) is 19.5 Å². The van der Waals surface area contributed by atoms with Gasteiger partial charge in [-0.15, -0.1) is 22.7 Å². The second kappa shape index (κ2) is 4.47. The summed E-state index contributed by atoms with van der Waals surface area (Å²) in [7, 11) is -3.68. The molecule has 17 heavy (non-hydrogen) atoms. The fourth-order valence-electron chi connectivity index (χ4n) is 1.17. The van der Waals surface area contributed by atoms with Gasteiger partial charge >= 0.3 is 5.97 Å². The second-order valence-corrected chi connectivity index (χ2v) is 6.78. The van der Waals surface area contributed by atoms with Crippen LogP contribution < -0.4 is 4.72 Å². The molecule has 0 saturated carbocycles. The van der Waals surface area contributed by atoms with Gasteiger partial charge < -0.3 is 5.11 Å². The van der Waals surface area contributed by atoms with Crippen LogP contribution in [0, 0.1) is 0 Å². The molecular weight excluding hydrogens is 282 g/mol. The maximum absolute atomic E-state index is 11.8. The lowest BCUT2D eigenvalue weighted by Gasteiger charge is -2.04. The molecule has 2 rings (SSSR count). The molecule has 2 heterocycles. The predicted molar refractivity (Wildman–Crippen MR) is 66.4 cm³/mol. The first-order valence-corrected chi connectivity index (χ1v) is 7.62. The van der Waals surface area contributed by atoms with E-state index in [1.807, 2.05) is 0 Å². The van der Waals surface area contributed by atoms with Gasteiger partial charge in [-0.05, 0) is 22.9 Å². The zero-order chi connectivity index (χ0) is 12.5. The highest BCUT2D eigenvalue weighted by Crippen LogP contribution is 2.26. The Morgan fingerprint density at radius 2 is 2.00 bits per heavy atom. The van der Waals surface area contributed by atoms with Crippen molar-refractivity contribution in [3.05, 3.63) is 33.8 Å². The first-order valence-electron chi connectivity index (χ1n) is 4.38. The summed E-state index contributed by atoms with van der Waals surface area (Å²) in [5, 5.41) is 12.0. The average Bonchev–Trinajstić information content (AvgIpc) is 2.85. The topological polar surface area (TPSA) is 83.5 Å². The van der Waals surface area contributed by atoms with Crippen molar-refractivity contribution in [1.82, 2.24) is 0 Å². The standard InChI is InChI=1S/C9H7NO4S3/c11-9(12)8-6(3-5-16-8)10-17(13,14)7-2-1-4-15-7/h1-5,10H,(H,11,12). The van der Waals surface area contributed by atoms with Crippen molar-refractivity contribution in [3.8, 4) is 0 Å². The largest absolute Gasteiger partial charge is 0.477 e. The predicted octanol–water partition coefficient (Wildman–Crippen LogP) is 2.31. The van der Waals surface area contributed by atoms with Crippen LogP contribution in [0.3, 0.4) is 0 Å². The normalized spacial score (nSPS) is 11.3. The zero-order valence-electron chi connectivity index (χ0n) is 8.28. The summed E-state index contributed by atoms with van der Waals surface area (Å²) in [6, 6.07) is 4.50. The maximum Gasteiger partial charge on any atom is 0.348 e. The van der Waals surface area contributed by atoms with Crippen LogP contribution in [0.2, 0.25) is 0 Å². The summed E-state index contributed by atoms with van der Waals surface area (Å²) < 4.78 is 26.1. The Balaban J connectivity index is 2.33. The smallest absolute Gasteiger partial charge is 0.348 e. The van der Waals surface area contributed by atoms with Gasteiger partial charge in [-0.3, -0.25) is 4.72 Å². The monoisotopic (exact) mass is 289 g/mol. The van der Waals surface area contributed by atoms with Crippen LogP contribution >= 0.6 is 22.7 Å². The lowest BCUT2D eigenvalue weighted by Crippen LogP contribution is -2.12. The molecule has 0 atom stereocenters. The van der Waals surface area contributed by atoms with Crippen LogP contribution in [0.4, 0.5) is 5.69 Å². The maximum atomic E-state index is 11.8. The summed E-state index contributed by atoms with van der Waals surface area (Å²) in [6.45, 7) is 0. The molecule has 2 N–H and O–H groups in total. The minimum atomic E-state index is -3.68. The van der Waals surface area contributed by atoms with Gasteiger partial charge in [-0.25, -0.2) is 13.2 Å². The molecule has 0 radical (unpaired) electrons. The molecule has 0 saturated heterocycles. The molecule has 90 valence electrons. The molecule has 0 aliphatic heterocycles. The van der Waals surface area contributed by atoms with Crippen molar-refractivity contribution < 1.29 is 18.3 Å². The van der Waals surface area contributed by atoms with Crippen molar-refractivity contribution in [2.75, 3.05) is 4.72 Å². The number of hydrogen-bond donors (Lipinski definition) is 2. The molecule has 2 aromatic heterocycles. The van der Waals surface area contributed by atoms with Crippen LogP contribution in [0.1, 0.15) is 9.67 Å². The summed E-state index contributed by atoms with van der Waals surface area (Å²) in [5.41, 5.74) is 0.0934. The number of carboxylic acids is 1. The minimum absolute atomic E-state index is 0.0230. The van der Waals surface area contributed by atoms with Gasteiger partial charge in [0.15, 0.2) is 0 Å². The average molecular weight is 289 g/mol. The van der Waals surface area contributed by atoms with E-state index in [1.165, 1.54) is 17.5 Å². The quantitative estimate of drug-likeness (QED) is 0.904. The van der Waals surface area contributed by atoms with E-state index in [-0.39, 0.29) is 14.8 Å². The molecule has 0 bridgehead atoms. The van der Waals surface area contributed by atoms with E-state index in [9.17, 15) is 13.2 Å². The van der Waals surface area contributed by atoms with Gasteiger partial charge in [0, 0.05) is 0 Å². The van der Waals surface area contributed by atoms with Crippen molar-refractivity contribution in [3.63, 3.8) is 0 Å². The third kappa shape index (κ3) is 2.48. The molecule has 0 spiro atoms. The van der Waals surface area contributed by atoms with E-state index in [0.29, 0.717) is 0 Å². The summed E-state index contributed by atoms with van der Waals surface area (Å²) in [6.07, 6.45) is 0. The third-order valence-corrected chi connectivity index (χ3v) is 5.53. The lowest BCUT2D eigenvalue weighted by molar-refractivity contribution is 0.0703. The lowest BCUT2D eigenvalue weighted by atomic mass is 10.4. The Kier molecular flexibility index (Phi) is 3.18. The van der Waals surface area contributed by atoms with Crippen molar-refractivity contribution in [2.24, 2.45) is 0 Å². The van der Waals surface area contributed by atoms with Crippen LogP contribution in [0.5, 0.6) is 0 Å². The Morgan fingerprint density at radius 3 is 2.59 bits per heavy atom. The molecule has 0 amide bonds. The number of aromatic carboxylic acids is 1. The van der Waals surface area contributed by atoms with Gasteiger partial charge in [0.25, 0.3) is 10.0 Å². The van der Waals surface area contributed by atoms with Crippen molar-refractivity contribution in [1.29, 1.82) is 0 Å². The van der Waals surface area contributed by atoms with E-state index < -0.39 is 16.0 Å². The number of sulfonamides is 1. The molecule has 0 aliphatic rings. The molecular formula is C9H7NO4S3. The first-order chi connectivity index (χ1) is 8.00. The van der Waals surface area contributed by atoms with E-state index in [0.717, 1.165) is 22.7 Å². The molecule has 0 unspecified atom stereocenters. The van der Waals surface area contributed by atoms with Crippen molar-refractivity contribution in [2.45, 2.75) is 4.21 Å². The van der Waals surface area contributed by atoms with E-state index in [2.05, 4.69) is 4.72 Å². The first kappa shape index (κ1) is 12.1. The van der Waals surface area contributed by atoms with E-state index in [1.54, 1.807) is 11.4 Å². The zero-order valence-corrected chi connectivity index (χ0v) is 10.7. The molecule has 2 aromatic rings.